The van der Waals surface area contributed by atoms with Crippen molar-refractivity contribution in [2.24, 2.45) is 0 Å². The number of nitrogens with one attached hydrogen (secondary N) is 1. The average molecular weight is 572 g/mol. The number of para-hydroxylation sites is 1. The molecule has 0 aliphatic carbocycles. The van der Waals surface area contributed by atoms with Crippen molar-refractivity contribution in [1.29, 1.82) is 0 Å². The number of carbonyl (C=O) groups excluding carboxylic acids is 1. The number of hydrogen-bond donors (Lipinski definition) is 1. The second kappa shape index (κ2) is 13.4. The maximum atomic E-state index is 14.1. The van der Waals surface area contributed by atoms with E-state index in [2.05, 4.69) is 10.4 Å². The molecule has 0 radical (unpaired) electrons. The van der Waals surface area contributed by atoms with E-state index in [1.54, 1.807) is 48.5 Å². The molecular formula is C26H30ClF3N3O4P. The van der Waals surface area contributed by atoms with Gasteiger partial charge in [-0.05, 0) is 30.5 Å². The normalized spacial score (nSPS) is 12.9. The SMILES string of the molecule is CCCCOP(=O)(OCCCC)C(NC(=O)c1c(C(F)(F)F)nn(-c2ccccc2)c1Cl)c1ccccc1. The fourth-order valence-electron chi connectivity index (χ4n) is 3.57. The molecule has 0 aliphatic rings. The van der Waals surface area contributed by atoms with E-state index in [-0.39, 0.29) is 18.9 Å². The smallest absolute Gasteiger partial charge is 0.334 e. The number of alkyl halides is 3. The predicted molar refractivity (Wildman–Crippen MR) is 140 cm³/mol. The second-order valence-electron chi connectivity index (χ2n) is 8.46. The Labute approximate surface area is 224 Å². The highest BCUT2D eigenvalue weighted by Gasteiger charge is 2.44. The lowest BCUT2D eigenvalue weighted by molar-refractivity contribution is -0.141. The number of carbonyl (C=O) groups is 1. The van der Waals surface area contributed by atoms with Gasteiger partial charge in [0.15, 0.2) is 11.5 Å². The van der Waals surface area contributed by atoms with Gasteiger partial charge in [-0.2, -0.15) is 18.3 Å². The van der Waals surface area contributed by atoms with Crippen LogP contribution in [0.3, 0.4) is 0 Å². The zero-order valence-corrected chi connectivity index (χ0v) is 22.7. The van der Waals surface area contributed by atoms with Gasteiger partial charge in [-0.25, -0.2) is 4.68 Å². The summed E-state index contributed by atoms with van der Waals surface area (Å²) in [4.78, 5) is 13.5. The molecule has 0 spiro atoms. The minimum Gasteiger partial charge on any atom is -0.334 e. The number of nitrogens with zero attached hydrogens (tertiary/aromatic N) is 2. The number of halogens is 4. The minimum absolute atomic E-state index is 0.0829. The van der Waals surface area contributed by atoms with Gasteiger partial charge in [0.2, 0.25) is 0 Å². The van der Waals surface area contributed by atoms with Gasteiger partial charge < -0.3 is 14.4 Å². The molecule has 38 heavy (non-hydrogen) atoms. The molecule has 1 N–H and O–H groups in total. The molecule has 3 aromatic rings. The molecular weight excluding hydrogens is 542 g/mol. The third-order valence-electron chi connectivity index (χ3n) is 5.56. The zero-order valence-electron chi connectivity index (χ0n) is 21.1. The predicted octanol–water partition coefficient (Wildman–Crippen LogP) is 7.80. The van der Waals surface area contributed by atoms with Crippen molar-refractivity contribution < 1.29 is 31.6 Å². The highest BCUT2D eigenvalue weighted by Crippen LogP contribution is 2.60. The number of hydrogen-bond acceptors (Lipinski definition) is 5. The number of rotatable bonds is 13. The van der Waals surface area contributed by atoms with Gasteiger partial charge in [-0.1, -0.05) is 86.8 Å². The van der Waals surface area contributed by atoms with Crippen molar-refractivity contribution in [3.63, 3.8) is 0 Å². The minimum atomic E-state index is -4.99. The standard InChI is InChI=1S/C26H30ClF3N3O4P/c1-3-5-17-36-38(35,37-18-6-4-2)25(19-13-9-7-10-14-19)31-24(34)21-22(26(28,29)30)32-33(23(21)27)20-15-11-8-12-16-20/h7-16,25H,3-6,17-18H2,1-2H3,(H,31,34). The third kappa shape index (κ3) is 7.26. The molecule has 0 fully saturated rings. The summed E-state index contributed by atoms with van der Waals surface area (Å²) in [6, 6.07) is 16.1. The largest absolute Gasteiger partial charge is 0.436 e. The van der Waals surface area contributed by atoms with Gasteiger partial charge in [0.05, 0.1) is 18.9 Å². The highest BCUT2D eigenvalue weighted by atomic mass is 35.5. The molecule has 2 aromatic carbocycles. The lowest BCUT2D eigenvalue weighted by Gasteiger charge is -2.28. The van der Waals surface area contributed by atoms with E-state index in [0.29, 0.717) is 18.4 Å². The maximum absolute atomic E-state index is 14.1. The number of aromatic nitrogens is 2. The van der Waals surface area contributed by atoms with E-state index < -0.39 is 41.9 Å². The Hall–Kier alpha value is -2.65. The van der Waals surface area contributed by atoms with Gasteiger partial charge in [-0.15, -0.1) is 0 Å². The fraction of sp³-hybridized carbons (Fsp3) is 0.385. The third-order valence-corrected chi connectivity index (χ3v) is 8.06. The molecule has 0 saturated heterocycles. The summed E-state index contributed by atoms with van der Waals surface area (Å²) in [7, 11) is -4.09. The summed E-state index contributed by atoms with van der Waals surface area (Å²) in [5.74, 6) is -2.60. The summed E-state index contributed by atoms with van der Waals surface area (Å²) >= 11 is 6.32. The monoisotopic (exact) mass is 571 g/mol. The van der Waals surface area contributed by atoms with Crippen molar-refractivity contribution in [3.8, 4) is 5.69 Å². The lowest BCUT2D eigenvalue weighted by atomic mass is 10.2. The van der Waals surface area contributed by atoms with E-state index in [1.165, 1.54) is 12.1 Å². The topological polar surface area (TPSA) is 82.4 Å². The van der Waals surface area contributed by atoms with E-state index >= 15 is 0 Å². The molecule has 0 aliphatic heterocycles. The van der Waals surface area contributed by atoms with Crippen LogP contribution in [0.5, 0.6) is 0 Å². The van der Waals surface area contributed by atoms with Crippen LogP contribution in [0, 0.1) is 0 Å². The van der Waals surface area contributed by atoms with Crippen LogP contribution in [0.1, 0.15) is 66.9 Å². The zero-order chi connectivity index (χ0) is 27.8. The van der Waals surface area contributed by atoms with Crippen LogP contribution in [0.15, 0.2) is 60.7 Å². The van der Waals surface area contributed by atoms with Crippen molar-refractivity contribution in [3.05, 3.63) is 82.6 Å². The summed E-state index contributed by atoms with van der Waals surface area (Å²) in [6.07, 6.45) is -2.34. The van der Waals surface area contributed by atoms with Gasteiger partial charge in [0.25, 0.3) is 5.91 Å². The highest BCUT2D eigenvalue weighted by molar-refractivity contribution is 7.54. The molecule has 7 nitrogen and oxygen atoms in total. The molecule has 1 atom stereocenters. The van der Waals surface area contributed by atoms with Crippen LogP contribution in [-0.4, -0.2) is 28.9 Å². The molecule has 0 bridgehead atoms. The summed E-state index contributed by atoms with van der Waals surface area (Å²) < 4.78 is 68.4. The number of benzene rings is 2. The second-order valence-corrected chi connectivity index (χ2v) is 10.9. The van der Waals surface area contributed by atoms with Crippen molar-refractivity contribution in [2.75, 3.05) is 13.2 Å². The van der Waals surface area contributed by atoms with Gasteiger partial charge in [0.1, 0.15) is 10.7 Å². The molecule has 1 aromatic heterocycles. The first kappa shape index (κ1) is 29.9. The van der Waals surface area contributed by atoms with Gasteiger partial charge in [0, 0.05) is 0 Å². The van der Waals surface area contributed by atoms with E-state index in [0.717, 1.165) is 17.5 Å². The molecule has 0 saturated carbocycles. The van der Waals surface area contributed by atoms with Crippen molar-refractivity contribution in [1.82, 2.24) is 15.1 Å². The van der Waals surface area contributed by atoms with Crippen LogP contribution in [0.2, 0.25) is 5.15 Å². The Kier molecular flexibility index (Phi) is 10.6. The first-order chi connectivity index (χ1) is 18.1. The first-order valence-electron chi connectivity index (χ1n) is 12.3. The molecule has 1 unspecified atom stereocenters. The molecule has 1 heterocycles. The Morgan fingerprint density at radius 1 is 1.00 bits per heavy atom. The number of amides is 1. The van der Waals surface area contributed by atoms with Crippen molar-refractivity contribution >= 4 is 25.1 Å². The lowest BCUT2D eigenvalue weighted by Crippen LogP contribution is -2.31. The van der Waals surface area contributed by atoms with Crippen molar-refractivity contribution in [2.45, 2.75) is 51.5 Å². The Balaban J connectivity index is 2.08. The fourth-order valence-corrected chi connectivity index (χ4v) is 5.84. The average Bonchev–Trinajstić information content (AvgIpc) is 3.26. The van der Waals surface area contributed by atoms with Crippen LogP contribution < -0.4 is 5.32 Å². The Bertz CT molecular complexity index is 1230. The van der Waals surface area contributed by atoms with Crippen LogP contribution >= 0.6 is 19.2 Å². The van der Waals surface area contributed by atoms with Gasteiger partial charge in [-0.3, -0.25) is 9.36 Å². The van der Waals surface area contributed by atoms with E-state index in [9.17, 15) is 22.5 Å². The summed E-state index contributed by atoms with van der Waals surface area (Å²) in [5.41, 5.74) is -1.78. The summed E-state index contributed by atoms with van der Waals surface area (Å²) in [5, 5.41) is 5.54. The molecule has 206 valence electrons. The maximum Gasteiger partial charge on any atom is 0.436 e. The first-order valence-corrected chi connectivity index (χ1v) is 14.3. The molecule has 12 heteroatoms. The van der Waals surface area contributed by atoms with Crippen LogP contribution in [-0.2, 0) is 19.8 Å². The molecule has 1 amide bonds. The Morgan fingerprint density at radius 3 is 2.03 bits per heavy atom. The molecule has 3 rings (SSSR count). The quantitative estimate of drug-likeness (QED) is 0.167. The van der Waals surface area contributed by atoms with E-state index in [1.807, 2.05) is 13.8 Å². The Morgan fingerprint density at radius 2 is 1.53 bits per heavy atom. The van der Waals surface area contributed by atoms with E-state index in [4.69, 9.17) is 20.6 Å². The van der Waals surface area contributed by atoms with Gasteiger partial charge >= 0.3 is 13.8 Å². The number of unbranched alkanes of at least 4 members (excludes halogenated alkanes) is 2. The summed E-state index contributed by atoms with van der Waals surface area (Å²) in [6.45, 7) is 4.01. The van der Waals surface area contributed by atoms with Crippen LogP contribution in [0.25, 0.3) is 5.69 Å². The van der Waals surface area contributed by atoms with Crippen LogP contribution in [0.4, 0.5) is 13.2 Å².